The van der Waals surface area contributed by atoms with Crippen molar-refractivity contribution in [2.45, 2.75) is 4.90 Å². The van der Waals surface area contributed by atoms with E-state index in [1.165, 1.54) is 0 Å². The number of anilines is 1. The molecule has 11 heteroatoms. The summed E-state index contributed by atoms with van der Waals surface area (Å²) in [7, 11) is -4.66. The van der Waals surface area contributed by atoms with Crippen molar-refractivity contribution in [3.8, 4) is 22.6 Å². The van der Waals surface area contributed by atoms with Crippen LogP contribution in [0.1, 0.15) is 10.4 Å². The van der Waals surface area contributed by atoms with Gasteiger partial charge in [-0.1, -0.05) is 41.9 Å². The molecule has 1 heterocycles. The largest absolute Gasteiger partial charge is 0.505 e. The van der Waals surface area contributed by atoms with E-state index < -0.39 is 48.9 Å². The lowest BCUT2D eigenvalue weighted by Crippen LogP contribution is -2.28. The fraction of sp³-hybridized carbons (Fsp3) is 0.0800. The lowest BCUT2D eigenvalue weighted by Gasteiger charge is -2.17. The molecule has 3 N–H and O–H groups in total. The standard InChI is InChI=1S/C25H17ClF2N2O5S/c26-18-9-14-10-22(23(18)31)36(33,34)30-21-11-17(19(27)12-20(21)28)16-6-5-13-3-1-2-4-15(13)24(16)35-8-7-29-25(14)32/h1-6,9-12,30-31H,7-8H2,(H,29,32). The highest BCUT2D eigenvalue weighted by Gasteiger charge is 2.26. The summed E-state index contributed by atoms with van der Waals surface area (Å²) in [6.45, 7) is -0.00485. The van der Waals surface area contributed by atoms with Gasteiger partial charge < -0.3 is 15.2 Å². The van der Waals surface area contributed by atoms with E-state index in [4.69, 9.17) is 16.3 Å². The molecule has 0 radical (unpaired) electrons. The Balaban J connectivity index is 1.75. The first-order valence-electron chi connectivity index (χ1n) is 10.6. The summed E-state index contributed by atoms with van der Waals surface area (Å²) in [5, 5.41) is 13.9. The van der Waals surface area contributed by atoms with Crippen molar-refractivity contribution < 1.29 is 31.8 Å². The number of hydrogen-bond donors (Lipinski definition) is 3. The Morgan fingerprint density at radius 3 is 2.56 bits per heavy atom. The van der Waals surface area contributed by atoms with Crippen LogP contribution in [0.2, 0.25) is 5.02 Å². The predicted molar refractivity (Wildman–Crippen MR) is 131 cm³/mol. The van der Waals surface area contributed by atoms with Crippen LogP contribution in [0.5, 0.6) is 11.5 Å². The van der Waals surface area contributed by atoms with Gasteiger partial charge in [0, 0.05) is 28.1 Å². The summed E-state index contributed by atoms with van der Waals surface area (Å²) < 4.78 is 64.0. The fourth-order valence-corrected chi connectivity index (χ4v) is 5.45. The van der Waals surface area contributed by atoms with Gasteiger partial charge in [0.1, 0.15) is 28.9 Å². The molecule has 4 aromatic carbocycles. The number of halogens is 3. The Labute approximate surface area is 209 Å². The van der Waals surface area contributed by atoms with Gasteiger partial charge in [0.2, 0.25) is 0 Å². The van der Waals surface area contributed by atoms with Crippen molar-refractivity contribution in [3.05, 3.63) is 82.9 Å². The summed E-state index contributed by atoms with van der Waals surface area (Å²) in [4.78, 5) is 11.9. The second-order valence-corrected chi connectivity index (χ2v) is 10.0. The number of carbonyl (C=O) groups excluding carboxylic acids is 1. The summed E-state index contributed by atoms with van der Waals surface area (Å²) >= 11 is 5.97. The van der Waals surface area contributed by atoms with Gasteiger partial charge in [0.25, 0.3) is 15.9 Å². The van der Waals surface area contributed by atoms with E-state index in [1.807, 2.05) is 16.9 Å². The third-order valence-electron chi connectivity index (χ3n) is 5.68. The molecule has 0 fully saturated rings. The molecule has 0 saturated carbocycles. The zero-order chi connectivity index (χ0) is 25.6. The average Bonchev–Trinajstić information content (AvgIpc) is 2.84. The van der Waals surface area contributed by atoms with Crippen LogP contribution >= 0.6 is 11.6 Å². The molecule has 1 aliphatic rings. The van der Waals surface area contributed by atoms with Crippen LogP contribution in [-0.2, 0) is 10.0 Å². The summed E-state index contributed by atoms with van der Waals surface area (Å²) in [5.74, 6) is -3.36. The maximum absolute atomic E-state index is 15.0. The van der Waals surface area contributed by atoms with E-state index in [0.29, 0.717) is 11.5 Å². The topological polar surface area (TPSA) is 105 Å². The molecule has 4 bridgehead atoms. The average molecular weight is 531 g/mol. The minimum Gasteiger partial charge on any atom is -0.505 e. The molecule has 0 unspecified atom stereocenters. The van der Waals surface area contributed by atoms with Crippen molar-refractivity contribution in [1.29, 1.82) is 0 Å². The van der Waals surface area contributed by atoms with Gasteiger partial charge in [-0.3, -0.25) is 9.52 Å². The van der Waals surface area contributed by atoms with Gasteiger partial charge in [-0.05, 0) is 29.7 Å². The minimum atomic E-state index is -4.66. The first-order valence-corrected chi connectivity index (χ1v) is 12.5. The SMILES string of the molecule is O=C1NCCOc2c(ccc3ccccc23)-c2cc(c(F)cc2F)NS(=O)(=O)c2cc1cc(Cl)c2O. The Bertz CT molecular complexity index is 1660. The molecule has 1 aliphatic heterocycles. The van der Waals surface area contributed by atoms with Gasteiger partial charge in [-0.25, -0.2) is 17.2 Å². The quantitative estimate of drug-likeness (QED) is 0.294. The van der Waals surface area contributed by atoms with Gasteiger partial charge in [0.15, 0.2) is 5.75 Å². The zero-order valence-electron chi connectivity index (χ0n) is 18.3. The molecule has 0 atom stereocenters. The molecule has 184 valence electrons. The van der Waals surface area contributed by atoms with Crippen LogP contribution < -0.4 is 14.8 Å². The molecular formula is C25H17ClF2N2O5S. The number of sulfonamides is 1. The van der Waals surface area contributed by atoms with Crippen molar-refractivity contribution in [1.82, 2.24) is 5.32 Å². The van der Waals surface area contributed by atoms with Crippen LogP contribution in [0.25, 0.3) is 21.9 Å². The number of amides is 1. The highest BCUT2D eigenvalue weighted by atomic mass is 35.5. The van der Waals surface area contributed by atoms with E-state index in [-0.39, 0.29) is 35.6 Å². The first kappa shape index (κ1) is 23.8. The number of phenolic OH excluding ortho intramolecular Hbond substituents is 1. The molecule has 5 rings (SSSR count). The summed E-state index contributed by atoms with van der Waals surface area (Å²) in [5.41, 5.74) is -0.603. The monoisotopic (exact) mass is 530 g/mol. The highest BCUT2D eigenvalue weighted by molar-refractivity contribution is 7.92. The number of nitrogens with one attached hydrogen (secondary N) is 2. The molecule has 0 spiro atoms. The van der Waals surface area contributed by atoms with E-state index in [9.17, 15) is 22.7 Å². The Hall–Kier alpha value is -3.89. The fourth-order valence-electron chi connectivity index (χ4n) is 3.97. The molecule has 1 amide bonds. The molecular weight excluding hydrogens is 514 g/mol. The molecule has 0 aromatic heterocycles. The van der Waals surface area contributed by atoms with Crippen LogP contribution in [0.3, 0.4) is 0 Å². The first-order chi connectivity index (χ1) is 17.2. The molecule has 36 heavy (non-hydrogen) atoms. The molecule has 4 aromatic rings. The Kier molecular flexibility index (Phi) is 5.93. The number of fused-ring (bicyclic) bond motifs is 8. The van der Waals surface area contributed by atoms with Gasteiger partial charge in [-0.2, -0.15) is 0 Å². The van der Waals surface area contributed by atoms with Crippen molar-refractivity contribution in [3.63, 3.8) is 0 Å². The Morgan fingerprint density at radius 1 is 0.972 bits per heavy atom. The van der Waals surface area contributed by atoms with Crippen molar-refractivity contribution in [2.24, 2.45) is 0 Å². The highest BCUT2D eigenvalue weighted by Crippen LogP contribution is 2.40. The lowest BCUT2D eigenvalue weighted by molar-refractivity contribution is 0.0947. The van der Waals surface area contributed by atoms with Crippen LogP contribution in [-0.4, -0.2) is 32.6 Å². The second-order valence-electron chi connectivity index (χ2n) is 7.99. The number of benzene rings is 4. The van der Waals surface area contributed by atoms with E-state index in [0.717, 1.165) is 23.6 Å². The number of ether oxygens (including phenoxy) is 1. The van der Waals surface area contributed by atoms with E-state index in [2.05, 4.69) is 5.32 Å². The van der Waals surface area contributed by atoms with E-state index >= 15 is 4.39 Å². The number of rotatable bonds is 0. The second kappa shape index (κ2) is 8.96. The normalized spacial score (nSPS) is 15.0. The van der Waals surface area contributed by atoms with Crippen molar-refractivity contribution >= 4 is 44.0 Å². The number of aromatic hydroxyl groups is 1. The maximum Gasteiger partial charge on any atom is 0.265 e. The third-order valence-corrected chi connectivity index (χ3v) is 7.35. The molecule has 0 aliphatic carbocycles. The molecule has 0 saturated heterocycles. The van der Waals surface area contributed by atoms with Crippen molar-refractivity contribution in [2.75, 3.05) is 17.9 Å². The number of carbonyl (C=O) groups is 1. The van der Waals surface area contributed by atoms with Crippen LogP contribution in [0.4, 0.5) is 14.5 Å². The van der Waals surface area contributed by atoms with E-state index in [1.54, 1.807) is 24.3 Å². The third kappa shape index (κ3) is 4.18. The summed E-state index contributed by atoms with van der Waals surface area (Å²) in [6, 6.07) is 14.1. The number of phenols is 1. The minimum absolute atomic E-state index is 0.0114. The van der Waals surface area contributed by atoms with Gasteiger partial charge in [-0.15, -0.1) is 0 Å². The summed E-state index contributed by atoms with van der Waals surface area (Å²) in [6.07, 6.45) is 0. The van der Waals surface area contributed by atoms with Crippen LogP contribution in [0, 0.1) is 11.6 Å². The van der Waals surface area contributed by atoms with Crippen LogP contribution in [0.15, 0.2) is 65.6 Å². The Morgan fingerprint density at radius 2 is 1.75 bits per heavy atom. The molecule has 7 nitrogen and oxygen atoms in total. The zero-order valence-corrected chi connectivity index (χ0v) is 19.9. The predicted octanol–water partition coefficient (Wildman–Crippen LogP) is 5.07. The number of hydrogen-bond acceptors (Lipinski definition) is 5. The maximum atomic E-state index is 15.0. The lowest BCUT2D eigenvalue weighted by atomic mass is 9.98. The smallest absolute Gasteiger partial charge is 0.265 e. The van der Waals surface area contributed by atoms with Gasteiger partial charge in [0.05, 0.1) is 17.3 Å². The van der Waals surface area contributed by atoms with Gasteiger partial charge >= 0.3 is 0 Å².